The van der Waals surface area contributed by atoms with Crippen molar-refractivity contribution >= 4 is 11.8 Å². The number of aliphatic imine (C=N–C) groups is 2. The van der Waals surface area contributed by atoms with E-state index in [0.29, 0.717) is 19.3 Å². The van der Waals surface area contributed by atoms with Crippen LogP contribution in [0.15, 0.2) is 9.98 Å². The first-order valence-corrected chi connectivity index (χ1v) is 5.46. The SMILES string of the molecule is CC1COC(CCC2=NC(C)(C)CO2)=N1. The molecular formula is C11H18N2O2. The van der Waals surface area contributed by atoms with E-state index in [-0.39, 0.29) is 5.54 Å². The minimum atomic E-state index is -0.0546. The zero-order valence-electron chi connectivity index (χ0n) is 9.62. The first-order valence-electron chi connectivity index (χ1n) is 5.46. The van der Waals surface area contributed by atoms with E-state index in [4.69, 9.17) is 9.47 Å². The van der Waals surface area contributed by atoms with Crippen molar-refractivity contribution in [3.63, 3.8) is 0 Å². The van der Waals surface area contributed by atoms with E-state index in [1.807, 2.05) is 0 Å². The van der Waals surface area contributed by atoms with Crippen molar-refractivity contribution in [1.82, 2.24) is 0 Å². The molecular weight excluding hydrogens is 192 g/mol. The maximum absolute atomic E-state index is 5.49. The van der Waals surface area contributed by atoms with E-state index in [1.54, 1.807) is 0 Å². The van der Waals surface area contributed by atoms with Crippen LogP contribution in [-0.4, -0.2) is 36.6 Å². The second-order valence-corrected chi connectivity index (χ2v) is 4.79. The fraction of sp³-hybridized carbons (Fsp3) is 0.818. The minimum Gasteiger partial charge on any atom is -0.479 e. The lowest BCUT2D eigenvalue weighted by Gasteiger charge is -2.07. The van der Waals surface area contributed by atoms with Crippen molar-refractivity contribution in [2.75, 3.05) is 13.2 Å². The van der Waals surface area contributed by atoms with Crippen molar-refractivity contribution in [1.29, 1.82) is 0 Å². The highest BCUT2D eigenvalue weighted by Gasteiger charge is 2.26. The van der Waals surface area contributed by atoms with Crippen LogP contribution in [0, 0.1) is 0 Å². The van der Waals surface area contributed by atoms with Gasteiger partial charge < -0.3 is 9.47 Å². The van der Waals surface area contributed by atoms with Gasteiger partial charge in [-0.15, -0.1) is 0 Å². The highest BCUT2D eigenvalue weighted by molar-refractivity contribution is 5.85. The monoisotopic (exact) mass is 210 g/mol. The summed E-state index contributed by atoms with van der Waals surface area (Å²) in [4.78, 5) is 8.85. The predicted molar refractivity (Wildman–Crippen MR) is 59.5 cm³/mol. The molecule has 0 aliphatic carbocycles. The maximum Gasteiger partial charge on any atom is 0.184 e. The van der Waals surface area contributed by atoms with Crippen LogP contribution in [0.25, 0.3) is 0 Å². The van der Waals surface area contributed by atoms with Crippen LogP contribution < -0.4 is 0 Å². The molecule has 0 aromatic rings. The number of ether oxygens (including phenoxy) is 2. The zero-order valence-corrected chi connectivity index (χ0v) is 9.62. The standard InChI is InChI=1S/C11H18N2O2/c1-8-6-14-9(12-8)4-5-10-13-11(2,3)7-15-10/h8H,4-7H2,1-3H3. The van der Waals surface area contributed by atoms with Crippen molar-refractivity contribution in [2.24, 2.45) is 9.98 Å². The predicted octanol–water partition coefficient (Wildman–Crippen LogP) is 1.79. The molecule has 1 atom stereocenters. The van der Waals surface area contributed by atoms with Gasteiger partial charge in [0.1, 0.15) is 13.2 Å². The third kappa shape index (κ3) is 2.70. The molecule has 0 radical (unpaired) electrons. The van der Waals surface area contributed by atoms with Crippen LogP contribution >= 0.6 is 0 Å². The molecule has 15 heavy (non-hydrogen) atoms. The van der Waals surface area contributed by atoms with Crippen molar-refractivity contribution < 1.29 is 9.47 Å². The Morgan fingerprint density at radius 3 is 2.53 bits per heavy atom. The van der Waals surface area contributed by atoms with Crippen LogP contribution in [0.5, 0.6) is 0 Å². The number of rotatable bonds is 3. The number of hydrogen-bond acceptors (Lipinski definition) is 4. The Morgan fingerprint density at radius 2 is 2.00 bits per heavy atom. The summed E-state index contributed by atoms with van der Waals surface area (Å²) >= 11 is 0. The van der Waals surface area contributed by atoms with Gasteiger partial charge in [0.15, 0.2) is 11.8 Å². The molecule has 4 heteroatoms. The van der Waals surface area contributed by atoms with Gasteiger partial charge in [-0.25, -0.2) is 9.98 Å². The summed E-state index contributed by atoms with van der Waals surface area (Å²) < 4.78 is 10.9. The molecule has 1 unspecified atom stereocenters. The molecule has 0 N–H and O–H groups in total. The van der Waals surface area contributed by atoms with Gasteiger partial charge in [0.25, 0.3) is 0 Å². The van der Waals surface area contributed by atoms with Crippen LogP contribution in [0.3, 0.4) is 0 Å². The van der Waals surface area contributed by atoms with Gasteiger partial charge >= 0.3 is 0 Å². The largest absolute Gasteiger partial charge is 0.479 e. The molecule has 0 saturated heterocycles. The molecule has 0 bridgehead atoms. The molecule has 2 aliphatic rings. The summed E-state index contributed by atoms with van der Waals surface area (Å²) in [5.41, 5.74) is -0.0546. The lowest BCUT2D eigenvalue weighted by Crippen LogP contribution is -2.17. The Hall–Kier alpha value is -1.06. The summed E-state index contributed by atoms with van der Waals surface area (Å²) in [6, 6.07) is 0.308. The Balaban J connectivity index is 1.82. The molecule has 84 valence electrons. The summed E-state index contributed by atoms with van der Waals surface area (Å²) in [7, 11) is 0. The highest BCUT2D eigenvalue weighted by atomic mass is 16.5. The van der Waals surface area contributed by atoms with Crippen LogP contribution in [-0.2, 0) is 9.47 Å². The van der Waals surface area contributed by atoms with Crippen molar-refractivity contribution in [3.05, 3.63) is 0 Å². The van der Waals surface area contributed by atoms with Crippen molar-refractivity contribution in [3.8, 4) is 0 Å². The Labute approximate surface area is 90.4 Å². The Bertz CT molecular complexity index is 308. The molecule has 0 aromatic carbocycles. The summed E-state index contributed by atoms with van der Waals surface area (Å²) in [5.74, 6) is 1.68. The van der Waals surface area contributed by atoms with Gasteiger partial charge in [0.2, 0.25) is 0 Å². The average molecular weight is 210 g/mol. The molecule has 2 heterocycles. The first kappa shape index (κ1) is 10.5. The fourth-order valence-electron chi connectivity index (χ4n) is 1.68. The Morgan fingerprint density at radius 1 is 1.27 bits per heavy atom. The lowest BCUT2D eigenvalue weighted by atomic mass is 10.1. The first-order chi connectivity index (χ1) is 7.05. The number of hydrogen-bond donors (Lipinski definition) is 0. The third-order valence-electron chi connectivity index (χ3n) is 2.43. The molecule has 0 aromatic heterocycles. The second kappa shape index (κ2) is 3.83. The van der Waals surface area contributed by atoms with Crippen LogP contribution in [0.1, 0.15) is 33.6 Å². The van der Waals surface area contributed by atoms with Gasteiger partial charge in [-0.05, 0) is 20.8 Å². The minimum absolute atomic E-state index is 0.0546. The highest BCUT2D eigenvalue weighted by Crippen LogP contribution is 2.19. The van der Waals surface area contributed by atoms with E-state index in [1.165, 1.54) is 0 Å². The second-order valence-electron chi connectivity index (χ2n) is 4.79. The van der Waals surface area contributed by atoms with Crippen molar-refractivity contribution in [2.45, 2.75) is 45.2 Å². The average Bonchev–Trinajstić information content (AvgIpc) is 2.69. The summed E-state index contributed by atoms with van der Waals surface area (Å²) in [6.45, 7) is 7.61. The molecule has 4 nitrogen and oxygen atoms in total. The van der Waals surface area contributed by atoms with Gasteiger partial charge in [-0.3, -0.25) is 0 Å². The summed E-state index contributed by atoms with van der Waals surface area (Å²) in [5, 5.41) is 0. The Kier molecular flexibility index (Phi) is 2.67. The van der Waals surface area contributed by atoms with E-state index in [9.17, 15) is 0 Å². The molecule has 2 rings (SSSR count). The van der Waals surface area contributed by atoms with Gasteiger partial charge in [0.05, 0.1) is 11.6 Å². The maximum atomic E-state index is 5.49. The zero-order chi connectivity index (χ0) is 10.9. The number of nitrogens with zero attached hydrogens (tertiary/aromatic N) is 2. The topological polar surface area (TPSA) is 43.2 Å². The molecule has 0 amide bonds. The summed E-state index contributed by atoms with van der Waals surface area (Å²) in [6.07, 6.45) is 1.61. The van der Waals surface area contributed by atoms with Crippen LogP contribution in [0.4, 0.5) is 0 Å². The fourth-order valence-corrected chi connectivity index (χ4v) is 1.68. The molecule has 0 saturated carbocycles. The van der Waals surface area contributed by atoms with E-state index >= 15 is 0 Å². The van der Waals surface area contributed by atoms with E-state index in [2.05, 4.69) is 30.8 Å². The van der Waals surface area contributed by atoms with E-state index in [0.717, 1.165) is 24.6 Å². The van der Waals surface area contributed by atoms with Crippen LogP contribution in [0.2, 0.25) is 0 Å². The van der Waals surface area contributed by atoms with Gasteiger partial charge in [-0.2, -0.15) is 0 Å². The normalized spacial score (nSPS) is 28.1. The van der Waals surface area contributed by atoms with Gasteiger partial charge in [0, 0.05) is 12.8 Å². The molecule has 0 fully saturated rings. The van der Waals surface area contributed by atoms with Gasteiger partial charge in [-0.1, -0.05) is 0 Å². The molecule has 2 aliphatic heterocycles. The van der Waals surface area contributed by atoms with E-state index < -0.39 is 0 Å². The lowest BCUT2D eigenvalue weighted by molar-refractivity contribution is 0.273. The quantitative estimate of drug-likeness (QED) is 0.712. The smallest absolute Gasteiger partial charge is 0.184 e. The molecule has 0 spiro atoms. The third-order valence-corrected chi connectivity index (χ3v) is 2.43.